The van der Waals surface area contributed by atoms with Gasteiger partial charge in [-0.25, -0.2) is 4.98 Å². The summed E-state index contributed by atoms with van der Waals surface area (Å²) in [4.78, 5) is 17.0. The molecule has 0 saturated heterocycles. The first-order valence-corrected chi connectivity index (χ1v) is 9.89. The van der Waals surface area contributed by atoms with Crippen LogP contribution < -0.4 is 5.32 Å². The van der Waals surface area contributed by atoms with Crippen LogP contribution in [0.25, 0.3) is 22.6 Å². The predicted molar refractivity (Wildman–Crippen MR) is 116 cm³/mol. The van der Waals surface area contributed by atoms with Gasteiger partial charge in [0.25, 0.3) is 5.91 Å². The van der Waals surface area contributed by atoms with Gasteiger partial charge >= 0.3 is 0 Å². The second-order valence-corrected chi connectivity index (χ2v) is 7.97. The Morgan fingerprint density at radius 1 is 1.04 bits per heavy atom. The standard InChI is InChI=1S/C21H13BrCl2N2O2/c1-11-2-3-12(8-17(11)24)20(27)25-14-5-7-19-18(10-14)26-21(28-19)15-9-13(22)4-6-16(15)23/h2-10H,1H3,(H,25,27). The first-order chi connectivity index (χ1) is 13.4. The third kappa shape index (κ3) is 3.78. The largest absolute Gasteiger partial charge is 0.436 e. The van der Waals surface area contributed by atoms with Crippen molar-refractivity contribution in [3.05, 3.63) is 80.2 Å². The Morgan fingerprint density at radius 2 is 1.86 bits per heavy atom. The maximum Gasteiger partial charge on any atom is 0.255 e. The highest BCUT2D eigenvalue weighted by atomic mass is 79.9. The first-order valence-electron chi connectivity index (χ1n) is 8.34. The minimum atomic E-state index is -0.250. The van der Waals surface area contributed by atoms with Crippen LogP contribution in [0.3, 0.4) is 0 Å². The number of hydrogen-bond donors (Lipinski definition) is 1. The second kappa shape index (κ2) is 7.59. The summed E-state index contributed by atoms with van der Waals surface area (Å²) in [6.45, 7) is 1.89. The number of halogens is 3. The van der Waals surface area contributed by atoms with E-state index in [1.807, 2.05) is 25.1 Å². The maximum atomic E-state index is 12.5. The number of anilines is 1. The Hall–Kier alpha value is -2.34. The van der Waals surface area contributed by atoms with Crippen molar-refractivity contribution in [2.24, 2.45) is 0 Å². The highest BCUT2D eigenvalue weighted by molar-refractivity contribution is 9.10. The third-order valence-corrected chi connectivity index (χ3v) is 5.47. The zero-order valence-electron chi connectivity index (χ0n) is 14.6. The average Bonchev–Trinajstić information content (AvgIpc) is 3.09. The summed E-state index contributed by atoms with van der Waals surface area (Å²) in [6.07, 6.45) is 0. The molecule has 0 unspecified atom stereocenters. The van der Waals surface area contributed by atoms with Crippen LogP contribution in [0.4, 0.5) is 5.69 Å². The van der Waals surface area contributed by atoms with E-state index in [0.29, 0.717) is 43.9 Å². The third-order valence-electron chi connectivity index (χ3n) is 4.24. The van der Waals surface area contributed by atoms with Crippen molar-refractivity contribution in [2.75, 3.05) is 5.32 Å². The van der Waals surface area contributed by atoms with Gasteiger partial charge in [0, 0.05) is 20.7 Å². The van der Waals surface area contributed by atoms with Crippen LogP contribution in [0.1, 0.15) is 15.9 Å². The number of carbonyl (C=O) groups is 1. The van der Waals surface area contributed by atoms with E-state index >= 15 is 0 Å². The molecule has 0 spiro atoms. The Balaban J connectivity index is 1.63. The number of amides is 1. The highest BCUT2D eigenvalue weighted by Gasteiger charge is 2.14. The molecule has 4 aromatic rings. The SMILES string of the molecule is Cc1ccc(C(=O)Nc2ccc3oc(-c4cc(Br)ccc4Cl)nc3c2)cc1Cl. The van der Waals surface area contributed by atoms with E-state index in [2.05, 4.69) is 26.2 Å². The van der Waals surface area contributed by atoms with Crippen LogP contribution in [-0.2, 0) is 0 Å². The van der Waals surface area contributed by atoms with Crippen molar-refractivity contribution >= 4 is 61.8 Å². The van der Waals surface area contributed by atoms with Gasteiger partial charge < -0.3 is 9.73 Å². The number of carbonyl (C=O) groups excluding carboxylic acids is 1. The summed E-state index contributed by atoms with van der Waals surface area (Å²) in [5, 5.41) is 3.95. The number of fused-ring (bicyclic) bond motifs is 1. The molecule has 3 aromatic carbocycles. The lowest BCUT2D eigenvalue weighted by Crippen LogP contribution is -2.11. The number of nitrogens with one attached hydrogen (secondary N) is 1. The van der Waals surface area contributed by atoms with Gasteiger partial charge in [-0.2, -0.15) is 0 Å². The summed E-state index contributed by atoms with van der Waals surface area (Å²) < 4.78 is 6.69. The van der Waals surface area contributed by atoms with E-state index in [9.17, 15) is 4.79 Å². The van der Waals surface area contributed by atoms with E-state index in [1.165, 1.54) is 0 Å². The molecule has 28 heavy (non-hydrogen) atoms. The van der Waals surface area contributed by atoms with Crippen molar-refractivity contribution < 1.29 is 9.21 Å². The van der Waals surface area contributed by atoms with Crippen molar-refractivity contribution in [1.82, 2.24) is 4.98 Å². The lowest BCUT2D eigenvalue weighted by Gasteiger charge is -2.06. The quantitative estimate of drug-likeness (QED) is 0.343. The monoisotopic (exact) mass is 474 g/mol. The van der Waals surface area contributed by atoms with Gasteiger partial charge in [-0.3, -0.25) is 4.79 Å². The Labute approximate surface area is 179 Å². The van der Waals surface area contributed by atoms with Gasteiger partial charge in [0.1, 0.15) is 5.52 Å². The van der Waals surface area contributed by atoms with E-state index in [1.54, 1.807) is 36.4 Å². The summed E-state index contributed by atoms with van der Waals surface area (Å²) in [6, 6.07) is 15.9. The Kier molecular flexibility index (Phi) is 5.15. The fourth-order valence-corrected chi connectivity index (χ4v) is 3.46. The van der Waals surface area contributed by atoms with Gasteiger partial charge in [-0.15, -0.1) is 0 Å². The average molecular weight is 476 g/mol. The molecule has 4 rings (SSSR count). The molecule has 140 valence electrons. The molecular weight excluding hydrogens is 463 g/mol. The lowest BCUT2D eigenvalue weighted by molar-refractivity contribution is 0.102. The molecule has 0 bridgehead atoms. The number of aryl methyl sites for hydroxylation is 1. The van der Waals surface area contributed by atoms with Gasteiger partial charge in [-0.05, 0) is 61.0 Å². The molecule has 0 aliphatic heterocycles. The molecule has 0 aliphatic rings. The van der Waals surface area contributed by atoms with Crippen molar-refractivity contribution in [1.29, 1.82) is 0 Å². The van der Waals surface area contributed by atoms with Crippen molar-refractivity contribution in [3.8, 4) is 11.5 Å². The zero-order valence-corrected chi connectivity index (χ0v) is 17.7. The van der Waals surface area contributed by atoms with Crippen LogP contribution in [-0.4, -0.2) is 10.9 Å². The topological polar surface area (TPSA) is 55.1 Å². The van der Waals surface area contributed by atoms with E-state index in [-0.39, 0.29) is 5.91 Å². The second-order valence-electron chi connectivity index (χ2n) is 6.24. The molecule has 0 aliphatic carbocycles. The number of hydrogen-bond acceptors (Lipinski definition) is 3. The van der Waals surface area contributed by atoms with Crippen LogP contribution in [0, 0.1) is 6.92 Å². The number of benzene rings is 3. The Bertz CT molecular complexity index is 1220. The molecular formula is C21H13BrCl2N2O2. The summed E-state index contributed by atoms with van der Waals surface area (Å²) >= 11 is 15.8. The molecule has 1 aromatic heterocycles. The smallest absolute Gasteiger partial charge is 0.255 e. The molecule has 4 nitrogen and oxygen atoms in total. The summed E-state index contributed by atoms with van der Waals surface area (Å²) in [5.74, 6) is 0.162. The number of rotatable bonds is 3. The first kappa shape index (κ1) is 19.0. The van der Waals surface area contributed by atoms with Crippen molar-refractivity contribution in [2.45, 2.75) is 6.92 Å². The van der Waals surface area contributed by atoms with Crippen LogP contribution >= 0.6 is 39.1 Å². The van der Waals surface area contributed by atoms with Crippen LogP contribution in [0.5, 0.6) is 0 Å². The Morgan fingerprint density at radius 3 is 2.64 bits per heavy atom. The molecule has 7 heteroatoms. The molecule has 0 saturated carbocycles. The molecule has 1 heterocycles. The number of oxazole rings is 1. The number of nitrogens with zero attached hydrogens (tertiary/aromatic N) is 1. The van der Waals surface area contributed by atoms with E-state index < -0.39 is 0 Å². The molecule has 0 radical (unpaired) electrons. The zero-order chi connectivity index (χ0) is 19.8. The minimum absolute atomic E-state index is 0.250. The summed E-state index contributed by atoms with van der Waals surface area (Å²) in [7, 11) is 0. The van der Waals surface area contributed by atoms with Crippen LogP contribution in [0.2, 0.25) is 10.0 Å². The fourth-order valence-electron chi connectivity index (χ4n) is 2.72. The predicted octanol–water partition coefficient (Wildman–Crippen LogP) is 7.12. The van der Waals surface area contributed by atoms with Crippen molar-refractivity contribution in [3.63, 3.8) is 0 Å². The lowest BCUT2D eigenvalue weighted by atomic mass is 10.1. The van der Waals surface area contributed by atoms with Gasteiger partial charge in [0.15, 0.2) is 5.58 Å². The molecule has 1 amide bonds. The molecule has 0 fully saturated rings. The summed E-state index contributed by atoms with van der Waals surface area (Å²) in [5.41, 5.74) is 3.91. The van der Waals surface area contributed by atoms with Crippen LogP contribution in [0.15, 0.2) is 63.5 Å². The van der Waals surface area contributed by atoms with Gasteiger partial charge in [0.2, 0.25) is 5.89 Å². The van der Waals surface area contributed by atoms with E-state index in [0.717, 1.165) is 10.0 Å². The molecule has 0 atom stereocenters. The maximum absolute atomic E-state index is 12.5. The van der Waals surface area contributed by atoms with Gasteiger partial charge in [0.05, 0.1) is 10.6 Å². The highest BCUT2D eigenvalue weighted by Crippen LogP contribution is 2.33. The normalized spacial score (nSPS) is 11.0. The van der Waals surface area contributed by atoms with Gasteiger partial charge in [-0.1, -0.05) is 45.2 Å². The van der Waals surface area contributed by atoms with E-state index in [4.69, 9.17) is 27.6 Å². The number of aromatic nitrogens is 1. The fraction of sp³-hybridized carbons (Fsp3) is 0.0476. The molecule has 1 N–H and O–H groups in total. The minimum Gasteiger partial charge on any atom is -0.436 e.